The maximum atomic E-state index is 12.7. The molecule has 1 aromatic carbocycles. The molecule has 0 radical (unpaired) electrons. The summed E-state index contributed by atoms with van der Waals surface area (Å²) in [6.07, 6.45) is 4.75. The molecule has 0 spiro atoms. The molecule has 118 valence electrons. The van der Waals surface area contributed by atoms with Crippen molar-refractivity contribution in [3.63, 3.8) is 0 Å². The number of fused-ring (bicyclic) bond motifs is 1. The van der Waals surface area contributed by atoms with E-state index in [1.807, 2.05) is 17.2 Å². The van der Waals surface area contributed by atoms with Gasteiger partial charge in [-0.15, -0.1) is 0 Å². The van der Waals surface area contributed by atoms with E-state index in [2.05, 4.69) is 24.0 Å². The Bertz CT molecular complexity index is 675. The highest BCUT2D eigenvalue weighted by atomic mass is 16.3. The number of aryl methyl sites for hydroxylation is 1. The van der Waals surface area contributed by atoms with Crippen LogP contribution in [0.5, 0.6) is 0 Å². The van der Waals surface area contributed by atoms with Gasteiger partial charge in [-0.05, 0) is 44.2 Å². The fraction of sp³-hybridized carbons (Fsp3) is 0.500. The number of aliphatic hydroxyl groups excluding tert-OH is 1. The number of nitrogens with one attached hydrogen (secondary N) is 1. The standard InChI is InChI=1S/C18H24N2O2/c1-12-5-3-7-16-14(11-19-18(12)16)10-17(22)20-8-4-6-15(20)9-13(2)21/h3,5,7,11,13,15,19,21H,4,6,8-10H2,1-2H3. The molecule has 2 unspecified atom stereocenters. The van der Waals surface area contributed by atoms with Gasteiger partial charge >= 0.3 is 0 Å². The SMILES string of the molecule is Cc1cccc2c(CC(=O)N3CCCC3CC(C)O)c[nH]c12. The van der Waals surface area contributed by atoms with E-state index in [9.17, 15) is 9.90 Å². The second-order valence-corrected chi connectivity index (χ2v) is 6.46. The van der Waals surface area contributed by atoms with Crippen LogP contribution in [0.4, 0.5) is 0 Å². The predicted molar refractivity (Wildman–Crippen MR) is 87.8 cm³/mol. The van der Waals surface area contributed by atoms with E-state index >= 15 is 0 Å². The summed E-state index contributed by atoms with van der Waals surface area (Å²) in [6, 6.07) is 6.37. The number of likely N-dealkylation sites (tertiary alicyclic amines) is 1. The smallest absolute Gasteiger partial charge is 0.227 e. The average Bonchev–Trinajstić information content (AvgIpc) is 3.06. The van der Waals surface area contributed by atoms with E-state index in [1.165, 1.54) is 5.56 Å². The summed E-state index contributed by atoms with van der Waals surface area (Å²) in [5.74, 6) is 0.172. The summed E-state index contributed by atoms with van der Waals surface area (Å²) in [5, 5.41) is 10.7. The van der Waals surface area contributed by atoms with Crippen molar-refractivity contribution in [3.8, 4) is 0 Å². The molecule has 2 N–H and O–H groups in total. The van der Waals surface area contributed by atoms with Gasteiger partial charge in [0, 0.05) is 29.7 Å². The lowest BCUT2D eigenvalue weighted by Gasteiger charge is -2.25. The molecule has 0 saturated carbocycles. The van der Waals surface area contributed by atoms with Crippen LogP contribution >= 0.6 is 0 Å². The highest BCUT2D eigenvalue weighted by Crippen LogP contribution is 2.25. The van der Waals surface area contributed by atoms with Gasteiger partial charge in [-0.1, -0.05) is 18.2 Å². The zero-order chi connectivity index (χ0) is 15.7. The molecule has 1 aromatic heterocycles. The summed E-state index contributed by atoms with van der Waals surface area (Å²) < 4.78 is 0. The molecule has 1 aliphatic rings. The Morgan fingerprint density at radius 2 is 2.32 bits per heavy atom. The largest absolute Gasteiger partial charge is 0.393 e. The van der Waals surface area contributed by atoms with Gasteiger partial charge in [-0.2, -0.15) is 0 Å². The van der Waals surface area contributed by atoms with E-state index in [4.69, 9.17) is 0 Å². The maximum absolute atomic E-state index is 12.7. The molecule has 2 aromatic rings. The van der Waals surface area contributed by atoms with Crippen molar-refractivity contribution in [3.05, 3.63) is 35.5 Å². The Morgan fingerprint density at radius 3 is 3.09 bits per heavy atom. The van der Waals surface area contributed by atoms with Crippen LogP contribution in [0, 0.1) is 6.92 Å². The van der Waals surface area contributed by atoms with Crippen molar-refractivity contribution in [2.45, 2.75) is 51.7 Å². The molecule has 1 fully saturated rings. The summed E-state index contributed by atoms with van der Waals surface area (Å²) in [6.45, 7) is 4.69. The number of aromatic nitrogens is 1. The summed E-state index contributed by atoms with van der Waals surface area (Å²) >= 11 is 0. The number of benzene rings is 1. The third-order valence-electron chi connectivity index (χ3n) is 4.66. The van der Waals surface area contributed by atoms with Crippen LogP contribution in [0.15, 0.2) is 24.4 Å². The second-order valence-electron chi connectivity index (χ2n) is 6.46. The second kappa shape index (κ2) is 6.13. The maximum Gasteiger partial charge on any atom is 0.227 e. The summed E-state index contributed by atoms with van der Waals surface area (Å²) in [5.41, 5.74) is 3.38. The van der Waals surface area contributed by atoms with Crippen molar-refractivity contribution in [1.29, 1.82) is 0 Å². The highest BCUT2D eigenvalue weighted by Gasteiger charge is 2.29. The van der Waals surface area contributed by atoms with Gasteiger partial charge in [0.05, 0.1) is 12.5 Å². The summed E-state index contributed by atoms with van der Waals surface area (Å²) in [4.78, 5) is 17.9. The Labute approximate surface area is 131 Å². The number of aromatic amines is 1. The summed E-state index contributed by atoms with van der Waals surface area (Å²) in [7, 11) is 0. The zero-order valence-corrected chi connectivity index (χ0v) is 13.3. The number of carbonyl (C=O) groups excluding carboxylic acids is 1. The molecule has 0 bridgehead atoms. The number of nitrogens with zero attached hydrogens (tertiary/aromatic N) is 1. The van der Waals surface area contributed by atoms with Crippen LogP contribution in [-0.4, -0.2) is 39.6 Å². The predicted octanol–water partition coefficient (Wildman–Crippen LogP) is 2.78. The van der Waals surface area contributed by atoms with Crippen LogP contribution < -0.4 is 0 Å². The van der Waals surface area contributed by atoms with Gasteiger partial charge in [-0.3, -0.25) is 4.79 Å². The van der Waals surface area contributed by atoms with Crippen molar-refractivity contribution >= 4 is 16.8 Å². The van der Waals surface area contributed by atoms with Crippen molar-refractivity contribution < 1.29 is 9.90 Å². The molecule has 2 heterocycles. The Kier molecular flexibility index (Phi) is 4.21. The monoisotopic (exact) mass is 300 g/mol. The number of aliphatic hydroxyl groups is 1. The number of rotatable bonds is 4. The molecule has 1 amide bonds. The van der Waals surface area contributed by atoms with E-state index in [1.54, 1.807) is 6.92 Å². The third kappa shape index (κ3) is 2.88. The first-order chi connectivity index (χ1) is 10.6. The molecular formula is C18H24N2O2. The molecular weight excluding hydrogens is 276 g/mol. The normalized spacial score (nSPS) is 19.8. The van der Waals surface area contributed by atoms with E-state index in [0.717, 1.165) is 35.9 Å². The van der Waals surface area contributed by atoms with Gasteiger partial charge < -0.3 is 15.0 Å². The van der Waals surface area contributed by atoms with Crippen LogP contribution in [0.25, 0.3) is 10.9 Å². The number of para-hydroxylation sites is 1. The Morgan fingerprint density at radius 1 is 1.50 bits per heavy atom. The van der Waals surface area contributed by atoms with E-state index < -0.39 is 0 Å². The van der Waals surface area contributed by atoms with Crippen LogP contribution in [0.3, 0.4) is 0 Å². The van der Waals surface area contributed by atoms with Gasteiger partial charge in [0.15, 0.2) is 0 Å². The number of amides is 1. The minimum atomic E-state index is -0.353. The van der Waals surface area contributed by atoms with Gasteiger partial charge in [0.2, 0.25) is 5.91 Å². The minimum absolute atomic E-state index is 0.172. The fourth-order valence-corrected chi connectivity index (χ4v) is 3.58. The highest BCUT2D eigenvalue weighted by molar-refractivity contribution is 5.90. The molecule has 0 aliphatic carbocycles. The first-order valence-electron chi connectivity index (χ1n) is 8.09. The average molecular weight is 300 g/mol. The van der Waals surface area contributed by atoms with Gasteiger partial charge in [-0.25, -0.2) is 0 Å². The molecule has 22 heavy (non-hydrogen) atoms. The zero-order valence-electron chi connectivity index (χ0n) is 13.3. The van der Waals surface area contributed by atoms with Gasteiger partial charge in [0.1, 0.15) is 0 Å². The fourth-order valence-electron chi connectivity index (χ4n) is 3.58. The molecule has 2 atom stereocenters. The number of hydrogen-bond acceptors (Lipinski definition) is 2. The topological polar surface area (TPSA) is 56.3 Å². The van der Waals surface area contributed by atoms with Gasteiger partial charge in [0.25, 0.3) is 0 Å². The van der Waals surface area contributed by atoms with Crippen LogP contribution in [0.2, 0.25) is 0 Å². The lowest BCUT2D eigenvalue weighted by Crippen LogP contribution is -2.38. The third-order valence-corrected chi connectivity index (χ3v) is 4.66. The van der Waals surface area contributed by atoms with Crippen molar-refractivity contribution in [2.24, 2.45) is 0 Å². The van der Waals surface area contributed by atoms with E-state index in [-0.39, 0.29) is 18.1 Å². The number of hydrogen-bond donors (Lipinski definition) is 2. The molecule has 3 rings (SSSR count). The molecule has 1 saturated heterocycles. The lowest BCUT2D eigenvalue weighted by atomic mass is 10.1. The van der Waals surface area contributed by atoms with Crippen molar-refractivity contribution in [1.82, 2.24) is 9.88 Å². The van der Waals surface area contributed by atoms with Crippen LogP contribution in [-0.2, 0) is 11.2 Å². The minimum Gasteiger partial charge on any atom is -0.393 e. The number of H-pyrrole nitrogens is 1. The van der Waals surface area contributed by atoms with E-state index in [0.29, 0.717) is 12.8 Å². The molecule has 4 heteroatoms. The lowest BCUT2D eigenvalue weighted by molar-refractivity contribution is -0.131. The molecule has 1 aliphatic heterocycles. The molecule has 4 nitrogen and oxygen atoms in total. The first-order valence-corrected chi connectivity index (χ1v) is 8.09. The number of carbonyl (C=O) groups is 1. The van der Waals surface area contributed by atoms with Crippen molar-refractivity contribution in [2.75, 3.05) is 6.54 Å². The quantitative estimate of drug-likeness (QED) is 0.912. The Hall–Kier alpha value is -1.81. The Balaban J connectivity index is 1.77. The van der Waals surface area contributed by atoms with Crippen LogP contribution in [0.1, 0.15) is 37.3 Å². The first kappa shape index (κ1) is 15.1.